The second kappa shape index (κ2) is 17.4. The van der Waals surface area contributed by atoms with E-state index < -0.39 is 53.5 Å². The molecule has 1 unspecified atom stereocenters. The van der Waals surface area contributed by atoms with E-state index in [1.54, 1.807) is 43.7 Å². The standard InChI is InChI=1S/C36H49F2N7O7/c1-36(2,3)52-35(50)41-26-21-44(43-30(26)31(37)38)23-12-10-22(11-13-23)20-39-16-4-5-18-51-19-7-17-40-25-9-6-8-24-29(25)34(49)45(33(24)48)27-14-15-28(46)42-32(27)47/h6,8-9,21-23,27,31,39-40H,4-5,7,10-20H2,1-3H3,(H,41,50)(H,42,46,47). The van der Waals surface area contributed by atoms with Gasteiger partial charge in [0.1, 0.15) is 11.6 Å². The molecule has 2 aliphatic heterocycles. The van der Waals surface area contributed by atoms with E-state index in [0.717, 1.165) is 56.5 Å². The number of carbonyl (C=O) groups excluding carboxylic acids is 5. The van der Waals surface area contributed by atoms with Crippen molar-refractivity contribution in [1.82, 2.24) is 25.3 Å². The van der Waals surface area contributed by atoms with Crippen LogP contribution in [0.5, 0.6) is 0 Å². The summed E-state index contributed by atoms with van der Waals surface area (Å²) in [5.74, 6) is -1.64. The Morgan fingerprint density at radius 2 is 1.73 bits per heavy atom. The highest BCUT2D eigenvalue weighted by molar-refractivity contribution is 6.25. The summed E-state index contributed by atoms with van der Waals surface area (Å²) in [7, 11) is 0. The maximum absolute atomic E-state index is 13.6. The van der Waals surface area contributed by atoms with Gasteiger partial charge in [0.25, 0.3) is 18.2 Å². The fraction of sp³-hybridized carbons (Fsp3) is 0.611. The molecule has 1 atom stereocenters. The number of unbranched alkanes of at least 4 members (excludes halogenated alkanes) is 1. The number of nitrogens with one attached hydrogen (secondary N) is 4. The van der Waals surface area contributed by atoms with Gasteiger partial charge < -0.3 is 20.1 Å². The molecule has 52 heavy (non-hydrogen) atoms. The van der Waals surface area contributed by atoms with Gasteiger partial charge in [0.15, 0.2) is 5.69 Å². The van der Waals surface area contributed by atoms with Crippen LogP contribution in [0.15, 0.2) is 24.4 Å². The van der Waals surface area contributed by atoms with Crippen molar-refractivity contribution in [2.75, 3.05) is 43.5 Å². The van der Waals surface area contributed by atoms with Gasteiger partial charge in [0.2, 0.25) is 11.8 Å². The lowest BCUT2D eigenvalue weighted by Crippen LogP contribution is -2.54. The molecular formula is C36H49F2N7O7. The summed E-state index contributed by atoms with van der Waals surface area (Å²) in [4.78, 5) is 63.2. The van der Waals surface area contributed by atoms with E-state index in [9.17, 15) is 32.8 Å². The van der Waals surface area contributed by atoms with Crippen LogP contribution in [0.2, 0.25) is 0 Å². The summed E-state index contributed by atoms with van der Waals surface area (Å²) in [6.45, 7) is 8.53. The molecule has 284 valence electrons. The first-order chi connectivity index (χ1) is 24.8. The fourth-order valence-electron chi connectivity index (χ4n) is 6.80. The minimum atomic E-state index is -2.82. The van der Waals surface area contributed by atoms with Gasteiger partial charge in [-0.25, -0.2) is 13.6 Å². The zero-order valence-corrected chi connectivity index (χ0v) is 30.0. The number of piperidine rings is 1. The first kappa shape index (κ1) is 38.8. The lowest BCUT2D eigenvalue weighted by molar-refractivity contribution is -0.136. The first-order valence-corrected chi connectivity index (χ1v) is 18.1. The number of fused-ring (bicyclic) bond motifs is 1. The largest absolute Gasteiger partial charge is 0.444 e. The minimum Gasteiger partial charge on any atom is -0.444 e. The van der Waals surface area contributed by atoms with E-state index in [1.807, 2.05) is 0 Å². The zero-order valence-electron chi connectivity index (χ0n) is 30.0. The van der Waals surface area contributed by atoms with Crippen molar-refractivity contribution in [2.24, 2.45) is 5.92 Å². The maximum Gasteiger partial charge on any atom is 0.412 e. The molecule has 3 heterocycles. The Morgan fingerprint density at radius 1 is 0.981 bits per heavy atom. The average Bonchev–Trinajstić information content (AvgIpc) is 3.61. The Balaban J connectivity index is 0.926. The van der Waals surface area contributed by atoms with Crippen molar-refractivity contribution < 1.29 is 42.2 Å². The molecule has 1 saturated carbocycles. The molecule has 0 spiro atoms. The fourth-order valence-corrected chi connectivity index (χ4v) is 6.80. The van der Waals surface area contributed by atoms with Crippen LogP contribution in [0.1, 0.15) is 117 Å². The van der Waals surface area contributed by atoms with E-state index in [4.69, 9.17) is 9.47 Å². The number of imide groups is 2. The number of rotatable bonds is 16. The molecule has 2 aromatic rings. The van der Waals surface area contributed by atoms with Crippen LogP contribution in [-0.2, 0) is 19.1 Å². The van der Waals surface area contributed by atoms with Crippen molar-refractivity contribution in [3.8, 4) is 0 Å². The normalized spacial score (nSPS) is 20.7. The van der Waals surface area contributed by atoms with Gasteiger partial charge in [-0.05, 0) is 103 Å². The number of alkyl halides is 2. The topological polar surface area (TPSA) is 173 Å². The van der Waals surface area contributed by atoms with Crippen molar-refractivity contribution in [2.45, 2.75) is 103 Å². The monoisotopic (exact) mass is 729 g/mol. The molecule has 1 aromatic carbocycles. The summed E-state index contributed by atoms with van der Waals surface area (Å²) in [5.41, 5.74) is -0.232. The number of amides is 5. The lowest BCUT2D eigenvalue weighted by Gasteiger charge is -2.29. The molecule has 14 nitrogen and oxygen atoms in total. The molecule has 4 N–H and O–H groups in total. The lowest BCUT2D eigenvalue weighted by atomic mass is 9.86. The number of aromatic nitrogens is 2. The highest BCUT2D eigenvalue weighted by Crippen LogP contribution is 2.35. The summed E-state index contributed by atoms with van der Waals surface area (Å²) in [6, 6.07) is 3.97. The Morgan fingerprint density at radius 3 is 2.44 bits per heavy atom. The number of benzene rings is 1. The molecule has 16 heteroatoms. The molecule has 0 radical (unpaired) electrons. The maximum atomic E-state index is 13.6. The molecule has 1 saturated heterocycles. The van der Waals surface area contributed by atoms with Gasteiger partial charge >= 0.3 is 6.09 Å². The zero-order chi connectivity index (χ0) is 37.4. The van der Waals surface area contributed by atoms with E-state index in [-0.39, 0.29) is 35.7 Å². The highest BCUT2D eigenvalue weighted by Gasteiger charge is 2.45. The van der Waals surface area contributed by atoms with Gasteiger partial charge in [-0.1, -0.05) is 6.07 Å². The van der Waals surface area contributed by atoms with Gasteiger partial charge in [0, 0.05) is 38.1 Å². The van der Waals surface area contributed by atoms with Gasteiger partial charge in [-0.3, -0.25) is 39.4 Å². The Labute approximate surface area is 301 Å². The van der Waals surface area contributed by atoms with Crippen LogP contribution in [0.25, 0.3) is 0 Å². The van der Waals surface area contributed by atoms with Gasteiger partial charge in [-0.15, -0.1) is 0 Å². The molecule has 5 rings (SSSR count). The molecular weight excluding hydrogens is 680 g/mol. The van der Waals surface area contributed by atoms with Crippen molar-refractivity contribution in [3.63, 3.8) is 0 Å². The SMILES string of the molecule is CC(C)(C)OC(=O)Nc1cn(C2CCC(CNCCCCOCCCNc3cccc4c3C(=O)N(C3CCC(=O)NC3=O)C4=O)CC2)nc1C(F)F. The predicted octanol–water partition coefficient (Wildman–Crippen LogP) is 5.19. The van der Waals surface area contributed by atoms with Crippen molar-refractivity contribution in [3.05, 3.63) is 41.2 Å². The summed E-state index contributed by atoms with van der Waals surface area (Å²) >= 11 is 0. The number of halogens is 2. The number of nitrogens with zero attached hydrogens (tertiary/aromatic N) is 3. The average molecular weight is 730 g/mol. The van der Waals surface area contributed by atoms with E-state index >= 15 is 0 Å². The summed E-state index contributed by atoms with van der Waals surface area (Å²) in [5, 5.41) is 15.5. The quantitative estimate of drug-likeness (QED) is 0.133. The van der Waals surface area contributed by atoms with Gasteiger partial charge in [-0.2, -0.15) is 5.10 Å². The van der Waals surface area contributed by atoms with Crippen LogP contribution in [-0.4, -0.2) is 88.9 Å². The number of anilines is 2. The predicted molar refractivity (Wildman–Crippen MR) is 187 cm³/mol. The van der Waals surface area contributed by atoms with Crippen LogP contribution in [0.4, 0.5) is 25.0 Å². The van der Waals surface area contributed by atoms with Crippen LogP contribution in [0.3, 0.4) is 0 Å². The van der Waals surface area contributed by atoms with Gasteiger partial charge in [0.05, 0.1) is 22.9 Å². The highest BCUT2D eigenvalue weighted by atomic mass is 19.3. The Hall–Kier alpha value is -4.44. The summed E-state index contributed by atoms with van der Waals surface area (Å²) < 4.78 is 39.8. The number of carbonyl (C=O) groups is 5. The smallest absolute Gasteiger partial charge is 0.412 e. The van der Waals surface area contributed by atoms with Crippen LogP contribution < -0.4 is 21.3 Å². The number of hydrogen-bond acceptors (Lipinski definition) is 10. The minimum absolute atomic E-state index is 0.00849. The molecule has 1 aromatic heterocycles. The van der Waals surface area contributed by atoms with E-state index in [1.165, 1.54) is 6.20 Å². The number of hydrogen-bond donors (Lipinski definition) is 4. The Bertz CT molecular complexity index is 1620. The molecule has 2 fully saturated rings. The first-order valence-electron chi connectivity index (χ1n) is 18.1. The molecule has 1 aliphatic carbocycles. The third-order valence-corrected chi connectivity index (χ3v) is 9.37. The summed E-state index contributed by atoms with van der Waals surface area (Å²) in [6.07, 6.45) is 4.11. The Kier molecular flexibility index (Phi) is 13.0. The van der Waals surface area contributed by atoms with Crippen molar-refractivity contribution >= 4 is 41.1 Å². The van der Waals surface area contributed by atoms with E-state index in [0.29, 0.717) is 37.8 Å². The molecule has 5 amide bonds. The number of ether oxygens (including phenoxy) is 2. The molecule has 3 aliphatic rings. The second-order valence-corrected chi connectivity index (χ2v) is 14.5. The molecule has 0 bridgehead atoms. The van der Waals surface area contributed by atoms with Crippen LogP contribution >= 0.6 is 0 Å². The van der Waals surface area contributed by atoms with Crippen molar-refractivity contribution in [1.29, 1.82) is 0 Å². The third-order valence-electron chi connectivity index (χ3n) is 9.37. The second-order valence-electron chi connectivity index (χ2n) is 14.5. The van der Waals surface area contributed by atoms with Crippen LogP contribution in [0, 0.1) is 5.92 Å². The van der Waals surface area contributed by atoms with E-state index in [2.05, 4.69) is 26.4 Å². The third kappa shape index (κ3) is 9.91.